The second kappa shape index (κ2) is 5.56. The summed E-state index contributed by atoms with van der Waals surface area (Å²) in [6.45, 7) is 5.58. The SMILES string of the molecule is O=[N+]([O-])c1nn(CCN2CCNCC2)cc1Br. The predicted molar refractivity (Wildman–Crippen MR) is 65.9 cm³/mol. The molecule has 1 aromatic heterocycles. The lowest BCUT2D eigenvalue weighted by Crippen LogP contribution is -2.44. The van der Waals surface area contributed by atoms with Crippen molar-refractivity contribution in [2.24, 2.45) is 0 Å². The molecule has 2 heterocycles. The first kappa shape index (κ1) is 12.5. The molecule has 0 atom stereocenters. The Morgan fingerprint density at radius 3 is 2.76 bits per heavy atom. The first-order valence-electron chi connectivity index (χ1n) is 5.47. The second-order valence-corrected chi connectivity index (χ2v) is 4.77. The molecular formula is C9H14BrN5O2. The van der Waals surface area contributed by atoms with E-state index >= 15 is 0 Å². The molecule has 1 aromatic rings. The Hall–Kier alpha value is -0.990. The van der Waals surface area contributed by atoms with Crippen molar-refractivity contribution in [1.29, 1.82) is 0 Å². The topological polar surface area (TPSA) is 76.2 Å². The van der Waals surface area contributed by atoms with Crippen molar-refractivity contribution < 1.29 is 4.92 Å². The van der Waals surface area contributed by atoms with Crippen LogP contribution in [0.4, 0.5) is 5.82 Å². The summed E-state index contributed by atoms with van der Waals surface area (Å²) in [5.41, 5.74) is 0. The van der Waals surface area contributed by atoms with Crippen LogP contribution in [-0.2, 0) is 6.54 Å². The van der Waals surface area contributed by atoms with Gasteiger partial charge < -0.3 is 15.4 Å². The van der Waals surface area contributed by atoms with E-state index < -0.39 is 4.92 Å². The average Bonchev–Trinajstić information content (AvgIpc) is 2.69. The van der Waals surface area contributed by atoms with E-state index in [1.165, 1.54) is 0 Å². The highest BCUT2D eigenvalue weighted by molar-refractivity contribution is 9.10. The standard InChI is InChI=1S/C9H14BrN5O2/c10-8-7-14(12-9(8)15(16)17)6-5-13-3-1-11-2-4-13/h7,11H,1-6H2. The summed E-state index contributed by atoms with van der Waals surface area (Å²) in [4.78, 5) is 12.5. The lowest BCUT2D eigenvalue weighted by molar-refractivity contribution is -0.390. The van der Waals surface area contributed by atoms with Gasteiger partial charge in [-0.1, -0.05) is 0 Å². The van der Waals surface area contributed by atoms with Crippen LogP contribution in [0.2, 0.25) is 0 Å². The van der Waals surface area contributed by atoms with Crippen molar-refractivity contribution in [2.75, 3.05) is 32.7 Å². The van der Waals surface area contributed by atoms with Crippen molar-refractivity contribution in [3.63, 3.8) is 0 Å². The van der Waals surface area contributed by atoms with Crippen LogP contribution in [0.3, 0.4) is 0 Å². The number of halogens is 1. The number of nitro groups is 1. The Bertz CT molecular complexity index is 402. The van der Waals surface area contributed by atoms with Gasteiger partial charge in [-0.25, -0.2) is 0 Å². The normalized spacial score (nSPS) is 17.2. The van der Waals surface area contributed by atoms with Crippen LogP contribution < -0.4 is 5.32 Å². The Morgan fingerprint density at radius 2 is 2.18 bits per heavy atom. The van der Waals surface area contributed by atoms with Gasteiger partial charge in [0.1, 0.15) is 4.47 Å². The highest BCUT2D eigenvalue weighted by Gasteiger charge is 2.19. The van der Waals surface area contributed by atoms with Crippen LogP contribution in [0.5, 0.6) is 0 Å². The van der Waals surface area contributed by atoms with E-state index in [2.05, 4.69) is 31.2 Å². The van der Waals surface area contributed by atoms with Gasteiger partial charge in [-0.3, -0.25) is 4.90 Å². The predicted octanol–water partition coefficient (Wildman–Crippen LogP) is 0.459. The zero-order chi connectivity index (χ0) is 12.3. The van der Waals surface area contributed by atoms with Gasteiger partial charge >= 0.3 is 5.82 Å². The number of hydrogen-bond acceptors (Lipinski definition) is 5. The van der Waals surface area contributed by atoms with Crippen LogP contribution >= 0.6 is 15.9 Å². The molecule has 1 saturated heterocycles. The molecule has 8 heteroatoms. The number of rotatable bonds is 4. The summed E-state index contributed by atoms with van der Waals surface area (Å²) in [7, 11) is 0. The summed E-state index contributed by atoms with van der Waals surface area (Å²) < 4.78 is 2.05. The fourth-order valence-electron chi connectivity index (χ4n) is 1.80. The molecule has 1 aliphatic rings. The molecule has 0 unspecified atom stereocenters. The number of nitrogens with one attached hydrogen (secondary N) is 1. The van der Waals surface area contributed by atoms with E-state index in [4.69, 9.17) is 0 Å². The highest BCUT2D eigenvalue weighted by atomic mass is 79.9. The maximum Gasteiger partial charge on any atom is 0.404 e. The van der Waals surface area contributed by atoms with Gasteiger partial charge in [0.05, 0.1) is 17.8 Å². The van der Waals surface area contributed by atoms with Crippen LogP contribution in [0.15, 0.2) is 10.7 Å². The Morgan fingerprint density at radius 1 is 1.47 bits per heavy atom. The van der Waals surface area contributed by atoms with Crippen molar-refractivity contribution in [3.05, 3.63) is 20.8 Å². The monoisotopic (exact) mass is 303 g/mol. The maximum absolute atomic E-state index is 10.6. The lowest BCUT2D eigenvalue weighted by atomic mass is 10.3. The number of nitrogens with zero attached hydrogens (tertiary/aromatic N) is 4. The summed E-state index contributed by atoms with van der Waals surface area (Å²) in [6, 6.07) is 0. The first-order chi connectivity index (χ1) is 8.16. The Labute approximate surface area is 107 Å². The quantitative estimate of drug-likeness (QED) is 0.646. The molecule has 7 nitrogen and oxygen atoms in total. The van der Waals surface area contributed by atoms with Crippen molar-refractivity contribution >= 4 is 21.7 Å². The van der Waals surface area contributed by atoms with Gasteiger partial charge in [0.15, 0.2) is 0 Å². The van der Waals surface area contributed by atoms with Crippen LogP contribution in [0.25, 0.3) is 0 Å². The highest BCUT2D eigenvalue weighted by Crippen LogP contribution is 2.21. The molecule has 0 amide bonds. The lowest BCUT2D eigenvalue weighted by Gasteiger charge is -2.26. The van der Waals surface area contributed by atoms with Gasteiger partial charge in [-0.15, -0.1) is 0 Å². The number of aromatic nitrogens is 2. The summed E-state index contributed by atoms with van der Waals surface area (Å²) in [5, 5.41) is 17.8. The van der Waals surface area contributed by atoms with Gasteiger partial charge in [-0.05, 0) is 20.9 Å². The molecule has 0 spiro atoms. The fraction of sp³-hybridized carbons (Fsp3) is 0.667. The molecule has 17 heavy (non-hydrogen) atoms. The Balaban J connectivity index is 1.90. The molecule has 94 valence electrons. The molecule has 0 bridgehead atoms. The fourth-order valence-corrected chi connectivity index (χ4v) is 2.26. The van der Waals surface area contributed by atoms with Crippen LogP contribution in [-0.4, -0.2) is 52.3 Å². The minimum absolute atomic E-state index is 0.120. The minimum Gasteiger partial charge on any atom is -0.358 e. The maximum atomic E-state index is 10.6. The number of piperazine rings is 1. The molecule has 0 aliphatic carbocycles. The third-order valence-electron chi connectivity index (χ3n) is 2.73. The van der Waals surface area contributed by atoms with Gasteiger partial charge in [-0.2, -0.15) is 4.68 Å². The van der Waals surface area contributed by atoms with Crippen LogP contribution in [0.1, 0.15) is 0 Å². The summed E-state index contributed by atoms with van der Waals surface area (Å²) in [6.07, 6.45) is 1.65. The molecule has 1 fully saturated rings. The van der Waals surface area contributed by atoms with E-state index in [1.807, 2.05) is 0 Å². The zero-order valence-corrected chi connectivity index (χ0v) is 10.9. The smallest absolute Gasteiger partial charge is 0.358 e. The van der Waals surface area contributed by atoms with E-state index in [0.29, 0.717) is 11.0 Å². The van der Waals surface area contributed by atoms with Crippen molar-refractivity contribution in [2.45, 2.75) is 6.54 Å². The van der Waals surface area contributed by atoms with Gasteiger partial charge in [0.25, 0.3) is 0 Å². The van der Waals surface area contributed by atoms with Crippen molar-refractivity contribution in [1.82, 2.24) is 20.0 Å². The molecule has 0 aromatic carbocycles. The van der Waals surface area contributed by atoms with Gasteiger partial charge in [0, 0.05) is 32.7 Å². The average molecular weight is 304 g/mol. The molecule has 0 saturated carbocycles. The Kier molecular flexibility index (Phi) is 4.08. The van der Waals surface area contributed by atoms with Crippen LogP contribution in [0, 0.1) is 10.1 Å². The zero-order valence-electron chi connectivity index (χ0n) is 9.30. The third-order valence-corrected chi connectivity index (χ3v) is 3.29. The summed E-state index contributed by atoms with van der Waals surface area (Å²) in [5.74, 6) is -0.120. The molecular weight excluding hydrogens is 290 g/mol. The first-order valence-corrected chi connectivity index (χ1v) is 6.26. The van der Waals surface area contributed by atoms with E-state index in [1.54, 1.807) is 10.9 Å². The minimum atomic E-state index is -0.481. The summed E-state index contributed by atoms with van der Waals surface area (Å²) >= 11 is 3.14. The molecule has 0 radical (unpaired) electrons. The van der Waals surface area contributed by atoms with E-state index in [9.17, 15) is 10.1 Å². The van der Waals surface area contributed by atoms with E-state index in [0.717, 1.165) is 32.7 Å². The molecule has 1 N–H and O–H groups in total. The third kappa shape index (κ3) is 3.24. The second-order valence-electron chi connectivity index (χ2n) is 3.91. The molecule has 1 aliphatic heterocycles. The van der Waals surface area contributed by atoms with Crippen molar-refractivity contribution in [3.8, 4) is 0 Å². The number of hydrogen-bond donors (Lipinski definition) is 1. The van der Waals surface area contributed by atoms with E-state index in [-0.39, 0.29) is 5.82 Å². The van der Waals surface area contributed by atoms with Gasteiger partial charge in [0.2, 0.25) is 0 Å². The largest absolute Gasteiger partial charge is 0.404 e. The molecule has 2 rings (SSSR count).